The van der Waals surface area contributed by atoms with Gasteiger partial charge in [0.1, 0.15) is 16.7 Å². The molecule has 1 aromatic heterocycles. The molecule has 0 spiro atoms. The molecule has 31 heavy (non-hydrogen) atoms. The molecule has 0 radical (unpaired) electrons. The number of hydrogen-bond donors (Lipinski definition) is 1. The first kappa shape index (κ1) is 23.9. The number of likely N-dealkylation sites (tertiary alicyclic amines) is 1. The van der Waals surface area contributed by atoms with E-state index in [0.29, 0.717) is 25.6 Å². The summed E-state index contributed by atoms with van der Waals surface area (Å²) in [6.07, 6.45) is 8.44. The van der Waals surface area contributed by atoms with E-state index in [1.807, 2.05) is 32.6 Å². The molecule has 0 aromatic carbocycles. The third-order valence-corrected chi connectivity index (χ3v) is 8.18. The predicted octanol–water partition coefficient (Wildman–Crippen LogP) is 3.72. The van der Waals surface area contributed by atoms with E-state index in [9.17, 15) is 13.2 Å². The molecule has 2 aliphatic rings. The largest absolute Gasteiger partial charge is 0.467 e. The molecule has 1 saturated heterocycles. The molecule has 3 rings (SSSR count). The fourth-order valence-electron chi connectivity index (χ4n) is 4.19. The number of hydrogen-bond acceptors (Lipinski definition) is 6. The fourth-order valence-corrected chi connectivity index (χ4v) is 5.89. The van der Waals surface area contributed by atoms with Gasteiger partial charge in [0.25, 0.3) is 0 Å². The minimum absolute atomic E-state index is 0.0420. The van der Waals surface area contributed by atoms with Gasteiger partial charge in [0.2, 0.25) is 10.0 Å². The van der Waals surface area contributed by atoms with E-state index in [1.165, 1.54) is 0 Å². The Morgan fingerprint density at radius 2 is 1.94 bits per heavy atom. The number of carbonyl (C=O) groups excluding carboxylic acids is 1. The number of furan rings is 1. The Labute approximate surface area is 186 Å². The van der Waals surface area contributed by atoms with Crippen molar-refractivity contribution in [3.8, 4) is 0 Å². The molecule has 1 aromatic rings. The van der Waals surface area contributed by atoms with Crippen LogP contribution in [0.5, 0.6) is 0 Å². The number of aryl methyl sites for hydroxylation is 1. The van der Waals surface area contributed by atoms with Crippen molar-refractivity contribution in [1.82, 2.24) is 9.62 Å². The van der Waals surface area contributed by atoms with Gasteiger partial charge >= 0.3 is 0 Å². The second-order valence-electron chi connectivity index (χ2n) is 9.81. The Bertz CT molecular complexity index is 929. The maximum Gasteiger partial charge on any atom is 0.217 e. The summed E-state index contributed by atoms with van der Waals surface area (Å²) in [5, 5.41) is -0.436. The van der Waals surface area contributed by atoms with Crippen LogP contribution in [0.25, 0.3) is 0 Å². The van der Waals surface area contributed by atoms with Crippen molar-refractivity contribution >= 4 is 27.7 Å². The van der Waals surface area contributed by atoms with Gasteiger partial charge < -0.3 is 4.42 Å². The van der Waals surface area contributed by atoms with Crippen LogP contribution in [-0.4, -0.2) is 56.2 Å². The third-order valence-electron chi connectivity index (χ3n) is 6.34. The molecule has 1 saturated carbocycles. The topological polar surface area (TPSA) is 92.0 Å². The highest BCUT2D eigenvalue weighted by atomic mass is 32.2. The lowest BCUT2D eigenvalue weighted by molar-refractivity contribution is -0.128. The molecule has 2 heterocycles. The number of nitrogens with zero attached hydrogens (tertiary/aromatic N) is 2. The molecule has 0 atom stereocenters. The quantitative estimate of drug-likeness (QED) is 0.611. The molecule has 1 N–H and O–H groups in total. The van der Waals surface area contributed by atoms with Crippen molar-refractivity contribution in [2.24, 2.45) is 10.4 Å². The summed E-state index contributed by atoms with van der Waals surface area (Å²) in [7, 11) is -3.38. The summed E-state index contributed by atoms with van der Waals surface area (Å²) in [6.45, 7) is 12.4. The second-order valence-corrected chi connectivity index (χ2v) is 11.8. The lowest BCUT2D eigenvalue weighted by Crippen LogP contribution is -2.60. The highest BCUT2D eigenvalue weighted by Crippen LogP contribution is 2.40. The van der Waals surface area contributed by atoms with Gasteiger partial charge in [-0.3, -0.25) is 14.7 Å². The second kappa shape index (κ2) is 9.38. The Morgan fingerprint density at radius 1 is 1.29 bits per heavy atom. The molecule has 172 valence electrons. The molecular formula is C23H35N3O4S. The molecule has 0 unspecified atom stereocenters. The molecule has 0 bridgehead atoms. The fraction of sp³-hybridized carbons (Fsp3) is 0.652. The van der Waals surface area contributed by atoms with E-state index in [1.54, 1.807) is 18.6 Å². The van der Waals surface area contributed by atoms with E-state index < -0.39 is 20.7 Å². The minimum atomic E-state index is -3.38. The van der Waals surface area contributed by atoms with Crippen LogP contribution in [0.2, 0.25) is 0 Å². The first-order chi connectivity index (χ1) is 14.5. The van der Waals surface area contributed by atoms with Crippen LogP contribution >= 0.6 is 0 Å². The SMILES string of the molecule is C=CC=Nc1c(C2CCC(NS(=O)(=O)C3CN(CC(=O)C(C)(C)C)C3)CC2)coc1C. The highest BCUT2D eigenvalue weighted by Gasteiger charge is 2.40. The van der Waals surface area contributed by atoms with Crippen LogP contribution in [0.1, 0.15) is 63.7 Å². The van der Waals surface area contributed by atoms with Crippen LogP contribution in [0.15, 0.2) is 28.3 Å². The lowest BCUT2D eigenvalue weighted by atomic mass is 9.82. The summed E-state index contributed by atoms with van der Waals surface area (Å²) in [4.78, 5) is 18.5. The Morgan fingerprint density at radius 3 is 2.52 bits per heavy atom. The monoisotopic (exact) mass is 449 g/mol. The van der Waals surface area contributed by atoms with Gasteiger partial charge in [-0.15, -0.1) is 0 Å². The summed E-state index contributed by atoms with van der Waals surface area (Å²) in [5.74, 6) is 1.24. The van der Waals surface area contributed by atoms with Crippen LogP contribution in [0.3, 0.4) is 0 Å². The van der Waals surface area contributed by atoms with Crippen LogP contribution in [0, 0.1) is 12.3 Å². The molecular weight excluding hydrogens is 414 g/mol. The summed E-state index contributed by atoms with van der Waals surface area (Å²) in [6, 6.07) is -0.0420. The van der Waals surface area contributed by atoms with Crippen LogP contribution < -0.4 is 4.72 Å². The zero-order valence-corrected chi connectivity index (χ0v) is 19.9. The number of Topliss-reactive ketones (excluding diaryl/α,β-unsaturated/α-hetero) is 1. The van der Waals surface area contributed by atoms with Crippen molar-refractivity contribution in [2.45, 2.75) is 70.6 Å². The van der Waals surface area contributed by atoms with E-state index in [0.717, 1.165) is 42.7 Å². The van der Waals surface area contributed by atoms with Gasteiger partial charge in [0.05, 0.1) is 12.8 Å². The van der Waals surface area contributed by atoms with E-state index in [2.05, 4.69) is 16.3 Å². The molecule has 1 aliphatic heterocycles. The Balaban J connectivity index is 1.50. The number of nitrogens with one attached hydrogen (secondary N) is 1. The average molecular weight is 450 g/mol. The van der Waals surface area contributed by atoms with Gasteiger partial charge in [0, 0.05) is 36.3 Å². The van der Waals surface area contributed by atoms with Gasteiger partial charge in [-0.1, -0.05) is 33.4 Å². The van der Waals surface area contributed by atoms with Crippen molar-refractivity contribution in [1.29, 1.82) is 0 Å². The third kappa shape index (κ3) is 5.73. The zero-order valence-electron chi connectivity index (χ0n) is 19.1. The van der Waals surface area contributed by atoms with Crippen molar-refractivity contribution in [3.63, 3.8) is 0 Å². The number of rotatable bonds is 8. The normalized spacial score (nSPS) is 23.7. The number of sulfonamides is 1. The average Bonchev–Trinajstić information content (AvgIpc) is 3.02. The molecule has 1 aliphatic carbocycles. The summed E-state index contributed by atoms with van der Waals surface area (Å²) >= 11 is 0. The van der Waals surface area contributed by atoms with Crippen LogP contribution in [0.4, 0.5) is 5.69 Å². The maximum absolute atomic E-state index is 12.8. The van der Waals surface area contributed by atoms with Crippen molar-refractivity contribution in [2.75, 3.05) is 19.6 Å². The zero-order chi connectivity index (χ0) is 22.8. The first-order valence-electron chi connectivity index (χ1n) is 11.0. The van der Waals surface area contributed by atoms with Gasteiger partial charge in [-0.05, 0) is 38.5 Å². The first-order valence-corrected chi connectivity index (χ1v) is 12.6. The van der Waals surface area contributed by atoms with Crippen molar-refractivity contribution in [3.05, 3.63) is 30.2 Å². The van der Waals surface area contributed by atoms with Gasteiger partial charge in [0.15, 0.2) is 5.78 Å². The smallest absolute Gasteiger partial charge is 0.217 e. The van der Waals surface area contributed by atoms with Gasteiger partial charge in [-0.2, -0.15) is 0 Å². The molecule has 0 amide bonds. The molecule has 8 heteroatoms. The predicted molar refractivity (Wildman–Crippen MR) is 124 cm³/mol. The van der Waals surface area contributed by atoms with Crippen LogP contribution in [-0.2, 0) is 14.8 Å². The summed E-state index contributed by atoms with van der Waals surface area (Å²) < 4.78 is 34.0. The molecule has 2 fully saturated rings. The summed E-state index contributed by atoms with van der Waals surface area (Å²) in [5.41, 5.74) is 1.56. The molecule has 7 nitrogen and oxygen atoms in total. The van der Waals surface area contributed by atoms with E-state index in [-0.39, 0.29) is 11.8 Å². The Kier molecular flexibility index (Phi) is 7.23. The van der Waals surface area contributed by atoms with Crippen molar-refractivity contribution < 1.29 is 17.6 Å². The standard InChI is InChI=1S/C23H35N3O4S/c1-6-11-24-22-16(2)30-15-20(22)17-7-9-18(10-8-17)25-31(28,29)19-12-26(13-19)14-21(27)23(3,4)5/h6,11,15,17-19,25H,1,7-10,12-14H2,2-5H3. The lowest BCUT2D eigenvalue weighted by Gasteiger charge is -2.40. The van der Waals surface area contributed by atoms with Gasteiger partial charge in [-0.25, -0.2) is 13.1 Å². The number of carbonyl (C=O) groups is 1. The number of aliphatic imine (C=N–C) groups is 1. The minimum Gasteiger partial charge on any atom is -0.467 e. The van der Waals surface area contributed by atoms with E-state index >= 15 is 0 Å². The van der Waals surface area contributed by atoms with E-state index in [4.69, 9.17) is 4.42 Å². The maximum atomic E-state index is 12.8. The highest BCUT2D eigenvalue weighted by molar-refractivity contribution is 7.90. The number of ketones is 1. The number of allylic oxidation sites excluding steroid dienone is 1. The Hall–Kier alpha value is -1.77.